The van der Waals surface area contributed by atoms with Crippen LogP contribution in [0.3, 0.4) is 0 Å². The molecule has 1 aromatic carbocycles. The smallest absolute Gasteiger partial charge is 0.224 e. The zero-order valence-electron chi connectivity index (χ0n) is 23.6. The first kappa shape index (κ1) is 27.6. The fourth-order valence-corrected chi connectivity index (χ4v) is 7.14. The molecule has 1 aliphatic carbocycles. The zero-order valence-corrected chi connectivity index (χ0v) is 24.4. The monoisotopic (exact) mass is 570 g/mol. The molecule has 6 rings (SSSR count). The SMILES string of the molecule is [C-]#[N+][C@H]1CCC(C(=O)CN2CCC(c3ccc4nc(CC)c(N(C)c5nc(-c6ccc(F)cc6)cs5)n4c3)CC2)C1. The molecule has 0 amide bonds. The number of fused-ring (bicyclic) bond motifs is 1. The molecule has 1 aliphatic heterocycles. The molecule has 2 atom stereocenters. The standard InChI is InChI=1S/C32H35FN6OS/c1-4-27-31(37(3)32-36-28(20-41-32)22-5-9-25(33)10-6-22)39-18-24(8-12-30(39)35-27)21-13-15-38(16-14-21)19-29(40)23-7-11-26(17-23)34-2/h5-6,8-10,12,18,20-21,23,26H,4,7,11,13-17,19H2,1,3H3/t23?,26-/m0/s1. The number of nitrogens with zero attached hydrogens (tertiary/aromatic N) is 6. The maximum absolute atomic E-state index is 13.4. The van der Waals surface area contributed by atoms with Crippen molar-refractivity contribution < 1.29 is 9.18 Å². The number of pyridine rings is 1. The molecule has 9 heteroatoms. The molecule has 1 unspecified atom stereocenters. The number of carbonyl (C=O) groups is 1. The van der Waals surface area contributed by atoms with Crippen LogP contribution in [0.15, 0.2) is 48.0 Å². The van der Waals surface area contributed by atoms with Gasteiger partial charge in [-0.3, -0.25) is 14.1 Å². The molecule has 1 saturated heterocycles. The summed E-state index contributed by atoms with van der Waals surface area (Å²) in [5.74, 6) is 1.58. The van der Waals surface area contributed by atoms with Gasteiger partial charge in [0.15, 0.2) is 5.13 Å². The largest absolute Gasteiger partial charge is 0.314 e. The molecule has 212 valence electrons. The Morgan fingerprint density at radius 3 is 2.61 bits per heavy atom. The lowest BCUT2D eigenvalue weighted by molar-refractivity contribution is -0.124. The van der Waals surface area contributed by atoms with Gasteiger partial charge in [0.25, 0.3) is 0 Å². The Balaban J connectivity index is 1.17. The summed E-state index contributed by atoms with van der Waals surface area (Å²) in [5.41, 5.74) is 4.94. The average molecular weight is 571 g/mol. The normalized spacial score (nSPS) is 20.0. The van der Waals surface area contributed by atoms with E-state index in [0.717, 1.165) is 85.2 Å². The number of aromatic nitrogens is 3. The molecule has 3 aromatic heterocycles. The topological polar surface area (TPSA) is 58.1 Å². The summed E-state index contributed by atoms with van der Waals surface area (Å²) in [6.07, 6.45) is 7.55. The molecule has 0 radical (unpaired) electrons. The molecule has 4 heterocycles. The van der Waals surface area contributed by atoms with E-state index in [9.17, 15) is 9.18 Å². The number of imidazole rings is 1. The van der Waals surface area contributed by atoms with E-state index in [0.29, 0.717) is 18.2 Å². The molecule has 0 N–H and O–H groups in total. The number of Topliss-reactive ketones (excluding diaryl/α,β-unsaturated/α-hetero) is 1. The number of rotatable bonds is 8. The highest BCUT2D eigenvalue weighted by Gasteiger charge is 2.34. The first-order chi connectivity index (χ1) is 19.9. The number of aryl methyl sites for hydroxylation is 1. The summed E-state index contributed by atoms with van der Waals surface area (Å²) in [6, 6.07) is 10.8. The molecular weight excluding hydrogens is 535 g/mol. The van der Waals surface area contributed by atoms with E-state index in [1.165, 1.54) is 17.7 Å². The van der Waals surface area contributed by atoms with Gasteiger partial charge in [-0.05, 0) is 80.6 Å². The molecule has 1 saturated carbocycles. The van der Waals surface area contributed by atoms with Crippen LogP contribution in [0.25, 0.3) is 21.7 Å². The summed E-state index contributed by atoms with van der Waals surface area (Å²) in [6.45, 7) is 11.7. The predicted octanol–water partition coefficient (Wildman–Crippen LogP) is 6.76. The second-order valence-corrected chi connectivity index (χ2v) is 12.2. The van der Waals surface area contributed by atoms with E-state index < -0.39 is 0 Å². The lowest BCUT2D eigenvalue weighted by Crippen LogP contribution is -2.38. The summed E-state index contributed by atoms with van der Waals surface area (Å²) < 4.78 is 15.6. The molecule has 41 heavy (non-hydrogen) atoms. The number of ketones is 1. The summed E-state index contributed by atoms with van der Waals surface area (Å²) in [5, 5.41) is 2.86. The first-order valence-corrected chi connectivity index (χ1v) is 15.4. The number of halogens is 1. The van der Waals surface area contributed by atoms with Gasteiger partial charge in [0.1, 0.15) is 23.1 Å². The third-order valence-electron chi connectivity index (χ3n) is 8.74. The zero-order chi connectivity index (χ0) is 28.5. The molecule has 0 spiro atoms. The van der Waals surface area contributed by atoms with Crippen LogP contribution in [-0.4, -0.2) is 57.8 Å². The predicted molar refractivity (Wildman–Crippen MR) is 161 cm³/mol. The van der Waals surface area contributed by atoms with Crippen LogP contribution in [-0.2, 0) is 11.2 Å². The van der Waals surface area contributed by atoms with Gasteiger partial charge < -0.3 is 9.74 Å². The van der Waals surface area contributed by atoms with Crippen LogP contribution in [0.4, 0.5) is 15.3 Å². The van der Waals surface area contributed by atoms with Gasteiger partial charge in [0, 0.05) is 42.9 Å². The number of benzene rings is 1. The highest BCUT2D eigenvalue weighted by Crippen LogP contribution is 2.36. The molecule has 4 aromatic rings. The van der Waals surface area contributed by atoms with Crippen molar-refractivity contribution in [3.8, 4) is 11.3 Å². The van der Waals surface area contributed by atoms with Gasteiger partial charge in [-0.15, -0.1) is 11.3 Å². The molecule has 7 nitrogen and oxygen atoms in total. The Bertz CT molecular complexity index is 1580. The minimum absolute atomic E-state index is 0.0393. The molecule has 0 bridgehead atoms. The van der Waals surface area contributed by atoms with Crippen LogP contribution < -0.4 is 4.90 Å². The fourth-order valence-electron chi connectivity index (χ4n) is 6.33. The van der Waals surface area contributed by atoms with Crippen molar-refractivity contribution in [1.29, 1.82) is 0 Å². The van der Waals surface area contributed by atoms with E-state index in [-0.39, 0.29) is 17.8 Å². The van der Waals surface area contributed by atoms with Crippen molar-refractivity contribution in [1.82, 2.24) is 19.3 Å². The number of anilines is 2. The van der Waals surface area contributed by atoms with Crippen LogP contribution in [0, 0.1) is 18.3 Å². The lowest BCUT2D eigenvalue weighted by Gasteiger charge is -2.32. The Morgan fingerprint density at radius 1 is 1.12 bits per heavy atom. The van der Waals surface area contributed by atoms with E-state index in [1.54, 1.807) is 23.5 Å². The number of carbonyl (C=O) groups excluding carboxylic acids is 1. The van der Waals surface area contributed by atoms with Gasteiger partial charge >= 0.3 is 0 Å². The minimum atomic E-state index is -0.255. The van der Waals surface area contributed by atoms with Crippen LogP contribution >= 0.6 is 11.3 Å². The third-order valence-corrected chi connectivity index (χ3v) is 9.66. The van der Waals surface area contributed by atoms with Crippen molar-refractivity contribution in [2.45, 2.75) is 57.4 Å². The van der Waals surface area contributed by atoms with E-state index in [2.05, 4.69) is 44.3 Å². The van der Waals surface area contributed by atoms with Gasteiger partial charge in [-0.2, -0.15) is 0 Å². The quantitative estimate of drug-likeness (QED) is 0.219. The van der Waals surface area contributed by atoms with Crippen molar-refractivity contribution in [3.05, 3.63) is 76.5 Å². The number of hydrogen-bond acceptors (Lipinski definition) is 6. The van der Waals surface area contributed by atoms with Crippen molar-refractivity contribution in [3.63, 3.8) is 0 Å². The number of piperidine rings is 1. The second kappa shape index (κ2) is 11.7. The Hall–Kier alpha value is -3.61. The van der Waals surface area contributed by atoms with Crippen molar-refractivity contribution >= 4 is 33.7 Å². The van der Waals surface area contributed by atoms with Gasteiger partial charge in [0.05, 0.1) is 17.9 Å². The van der Waals surface area contributed by atoms with Gasteiger partial charge in [-0.1, -0.05) is 13.0 Å². The number of thiazole rings is 1. The first-order valence-electron chi connectivity index (χ1n) is 14.5. The highest BCUT2D eigenvalue weighted by molar-refractivity contribution is 7.14. The van der Waals surface area contributed by atoms with E-state index >= 15 is 0 Å². The molecule has 2 aliphatic rings. The van der Waals surface area contributed by atoms with Crippen LogP contribution in [0.2, 0.25) is 0 Å². The average Bonchev–Trinajstić information content (AvgIpc) is 3.76. The fraction of sp³-hybridized carbons (Fsp3) is 0.438. The van der Waals surface area contributed by atoms with Crippen molar-refractivity contribution in [2.24, 2.45) is 5.92 Å². The molecular formula is C32H35FN6OS. The number of likely N-dealkylation sites (tertiary alicyclic amines) is 1. The lowest BCUT2D eigenvalue weighted by atomic mass is 9.90. The summed E-state index contributed by atoms with van der Waals surface area (Å²) >= 11 is 1.56. The Labute approximate surface area is 244 Å². The van der Waals surface area contributed by atoms with Crippen LogP contribution in [0.1, 0.15) is 56.2 Å². The summed E-state index contributed by atoms with van der Waals surface area (Å²) in [7, 11) is 2.03. The minimum Gasteiger partial charge on any atom is -0.314 e. The summed E-state index contributed by atoms with van der Waals surface area (Å²) in [4.78, 5) is 30.7. The van der Waals surface area contributed by atoms with E-state index in [4.69, 9.17) is 16.5 Å². The van der Waals surface area contributed by atoms with Gasteiger partial charge in [-0.25, -0.2) is 20.9 Å². The van der Waals surface area contributed by atoms with Crippen LogP contribution in [0.5, 0.6) is 0 Å². The Kier molecular flexibility index (Phi) is 7.87. The third kappa shape index (κ3) is 5.64. The maximum Gasteiger partial charge on any atom is 0.224 e. The van der Waals surface area contributed by atoms with E-state index in [1.807, 2.05) is 12.4 Å². The van der Waals surface area contributed by atoms with Crippen molar-refractivity contribution in [2.75, 3.05) is 31.6 Å². The maximum atomic E-state index is 13.4. The number of hydrogen-bond donors (Lipinski definition) is 0. The second-order valence-electron chi connectivity index (χ2n) is 11.3. The molecule has 2 fully saturated rings. The highest BCUT2D eigenvalue weighted by atomic mass is 32.1. The Morgan fingerprint density at radius 2 is 1.90 bits per heavy atom. The van der Waals surface area contributed by atoms with Gasteiger partial charge in [0.2, 0.25) is 6.04 Å².